The number of nitrogens with zero attached hydrogens (tertiary/aromatic N) is 2. The van der Waals surface area contributed by atoms with Gasteiger partial charge in [-0.2, -0.15) is 5.26 Å². The number of rotatable bonds is 8. The van der Waals surface area contributed by atoms with Crippen molar-refractivity contribution in [3.63, 3.8) is 0 Å². The van der Waals surface area contributed by atoms with Crippen molar-refractivity contribution in [3.05, 3.63) is 71.8 Å². The van der Waals surface area contributed by atoms with Gasteiger partial charge in [0, 0.05) is 23.2 Å². The number of carbonyl (C=O) groups is 2. The van der Waals surface area contributed by atoms with E-state index in [1.165, 1.54) is 11.3 Å². The topological polar surface area (TPSA) is 130 Å². The zero-order chi connectivity index (χ0) is 25.9. The second-order valence-corrected chi connectivity index (χ2v) is 9.91. The summed E-state index contributed by atoms with van der Waals surface area (Å²) in [6.45, 7) is 1.94. The molecule has 0 bridgehead atoms. The molecular weight excluding hydrogens is 486 g/mol. The van der Waals surface area contributed by atoms with Gasteiger partial charge < -0.3 is 21.1 Å². The lowest BCUT2D eigenvalue weighted by Crippen LogP contribution is -2.12. The Morgan fingerprint density at radius 3 is 2.73 bits per heavy atom. The third-order valence-electron chi connectivity index (χ3n) is 6.17. The Labute approximate surface area is 218 Å². The van der Waals surface area contributed by atoms with E-state index in [2.05, 4.69) is 21.7 Å². The molecule has 0 spiro atoms. The Balaban J connectivity index is 1.31. The van der Waals surface area contributed by atoms with E-state index in [0.717, 1.165) is 23.1 Å². The van der Waals surface area contributed by atoms with E-state index in [1.54, 1.807) is 54.6 Å². The highest BCUT2D eigenvalue weighted by molar-refractivity contribution is 7.23. The maximum absolute atomic E-state index is 12.9. The molecule has 1 atom stereocenters. The lowest BCUT2D eigenvalue weighted by atomic mass is 9.96. The molecule has 4 N–H and O–H groups in total. The number of anilines is 3. The quantitative estimate of drug-likeness (QED) is 0.238. The largest absolute Gasteiger partial charge is 0.455 e. The first-order chi connectivity index (χ1) is 17.9. The van der Waals surface area contributed by atoms with Crippen LogP contribution in [0.1, 0.15) is 48.0 Å². The normalized spacial score (nSPS) is 13.5. The third kappa shape index (κ3) is 5.39. The first kappa shape index (κ1) is 24.3. The monoisotopic (exact) mass is 511 g/mol. The van der Waals surface area contributed by atoms with Crippen LogP contribution in [0.15, 0.2) is 60.7 Å². The van der Waals surface area contributed by atoms with Gasteiger partial charge in [-0.15, -0.1) is 0 Å². The number of nitrogens with one attached hydrogen (secondary N) is 2. The Kier molecular flexibility index (Phi) is 6.75. The molecule has 8 nitrogen and oxygen atoms in total. The van der Waals surface area contributed by atoms with Crippen LogP contribution in [0.5, 0.6) is 11.5 Å². The molecule has 37 heavy (non-hydrogen) atoms. The van der Waals surface area contributed by atoms with Crippen LogP contribution in [0.2, 0.25) is 0 Å². The molecule has 4 aromatic rings. The highest BCUT2D eigenvalue weighted by atomic mass is 32.1. The molecule has 5 rings (SSSR count). The maximum Gasteiger partial charge on any atom is 0.255 e. The van der Waals surface area contributed by atoms with E-state index in [1.807, 2.05) is 13.0 Å². The molecule has 9 heteroatoms. The summed E-state index contributed by atoms with van der Waals surface area (Å²) in [5, 5.41) is 15.6. The Morgan fingerprint density at radius 2 is 1.97 bits per heavy atom. The molecule has 1 aliphatic carbocycles. The predicted molar refractivity (Wildman–Crippen MR) is 145 cm³/mol. The number of ether oxygens (including phenoxy) is 1. The number of hydrogen-bond donors (Lipinski definition) is 3. The van der Waals surface area contributed by atoms with Gasteiger partial charge in [-0.05, 0) is 61.2 Å². The molecule has 0 saturated heterocycles. The van der Waals surface area contributed by atoms with Crippen LogP contribution in [0, 0.1) is 17.2 Å². The number of amides is 2. The minimum atomic E-state index is -0.279. The van der Waals surface area contributed by atoms with E-state index in [4.69, 9.17) is 10.5 Å². The smallest absolute Gasteiger partial charge is 0.255 e. The van der Waals surface area contributed by atoms with Crippen molar-refractivity contribution in [2.45, 2.75) is 32.1 Å². The molecule has 1 aromatic heterocycles. The standard InChI is InChI=1S/C28H25N5O3S/c1-2-16(15-29)18-5-3-6-19(13-18)27(35)31-20-7-4-8-21(14-20)36-23-12-11-22-25(24(23)30)37-28(32-22)33-26(34)17-9-10-17/h3-8,11-14,16-17H,2,9-10,30H2,1H3,(H,31,35)(H,32,33,34). The number of nitrogen functional groups attached to an aromatic ring is 1. The number of nitriles is 1. The van der Waals surface area contributed by atoms with Gasteiger partial charge in [-0.1, -0.05) is 36.5 Å². The highest BCUT2D eigenvalue weighted by Crippen LogP contribution is 2.39. The number of fused-ring (bicyclic) bond motifs is 1. The summed E-state index contributed by atoms with van der Waals surface area (Å²) in [7, 11) is 0. The number of hydrogen-bond acceptors (Lipinski definition) is 7. The molecule has 1 fully saturated rings. The summed E-state index contributed by atoms with van der Waals surface area (Å²) in [6.07, 6.45) is 2.51. The Morgan fingerprint density at radius 1 is 1.16 bits per heavy atom. The van der Waals surface area contributed by atoms with Crippen LogP contribution < -0.4 is 21.1 Å². The molecule has 0 aliphatic heterocycles. The predicted octanol–water partition coefficient (Wildman–Crippen LogP) is 6.29. The van der Waals surface area contributed by atoms with Crippen LogP contribution in [0.4, 0.5) is 16.5 Å². The van der Waals surface area contributed by atoms with Crippen molar-refractivity contribution in [1.82, 2.24) is 4.98 Å². The second kappa shape index (κ2) is 10.3. The van der Waals surface area contributed by atoms with E-state index >= 15 is 0 Å². The maximum atomic E-state index is 12.9. The van der Waals surface area contributed by atoms with E-state index in [-0.39, 0.29) is 23.7 Å². The Hall–Kier alpha value is -4.42. The molecule has 3 aromatic carbocycles. The fourth-order valence-electron chi connectivity index (χ4n) is 3.96. The molecule has 186 valence electrons. The van der Waals surface area contributed by atoms with E-state index in [9.17, 15) is 14.9 Å². The summed E-state index contributed by atoms with van der Waals surface area (Å²) >= 11 is 1.31. The zero-order valence-corrected chi connectivity index (χ0v) is 21.0. The molecule has 1 unspecified atom stereocenters. The SMILES string of the molecule is CCC(C#N)c1cccc(C(=O)Nc2cccc(Oc3ccc4nc(NC(=O)C5CC5)sc4c3N)c2)c1. The van der Waals surface area contributed by atoms with Crippen LogP contribution in [0.3, 0.4) is 0 Å². The molecule has 2 amide bonds. The highest BCUT2D eigenvalue weighted by Gasteiger charge is 2.30. The summed E-state index contributed by atoms with van der Waals surface area (Å²) in [5.74, 6) is 0.504. The van der Waals surface area contributed by atoms with Crippen molar-refractivity contribution >= 4 is 49.9 Å². The van der Waals surface area contributed by atoms with Gasteiger partial charge in [0.1, 0.15) is 5.75 Å². The van der Waals surface area contributed by atoms with Gasteiger partial charge in [0.2, 0.25) is 5.91 Å². The fourth-order valence-corrected chi connectivity index (χ4v) is 4.87. The van der Waals surface area contributed by atoms with Gasteiger partial charge in [0.25, 0.3) is 5.91 Å². The number of benzene rings is 3. The molecule has 1 aliphatic rings. The first-order valence-electron chi connectivity index (χ1n) is 12.0. The summed E-state index contributed by atoms with van der Waals surface area (Å²) in [6, 6.07) is 19.9. The van der Waals surface area contributed by atoms with Crippen LogP contribution in [0.25, 0.3) is 10.2 Å². The third-order valence-corrected chi connectivity index (χ3v) is 7.19. The van der Waals surface area contributed by atoms with Gasteiger partial charge >= 0.3 is 0 Å². The number of carbonyl (C=O) groups excluding carboxylic acids is 2. The first-order valence-corrected chi connectivity index (χ1v) is 12.9. The van der Waals surface area contributed by atoms with Crippen molar-refractivity contribution in [2.24, 2.45) is 5.92 Å². The number of thiazole rings is 1. The number of nitrogens with two attached hydrogens (primary N) is 1. The summed E-state index contributed by atoms with van der Waals surface area (Å²) < 4.78 is 6.77. The lowest BCUT2D eigenvalue weighted by molar-refractivity contribution is -0.117. The lowest BCUT2D eigenvalue weighted by Gasteiger charge is -2.12. The van der Waals surface area contributed by atoms with Gasteiger partial charge in [-0.25, -0.2) is 4.98 Å². The molecule has 1 saturated carbocycles. The molecule has 1 heterocycles. The van der Waals surface area contributed by atoms with E-state index < -0.39 is 0 Å². The zero-order valence-electron chi connectivity index (χ0n) is 20.2. The van der Waals surface area contributed by atoms with Crippen LogP contribution >= 0.6 is 11.3 Å². The van der Waals surface area contributed by atoms with Crippen molar-refractivity contribution in [3.8, 4) is 17.6 Å². The van der Waals surface area contributed by atoms with Crippen molar-refractivity contribution < 1.29 is 14.3 Å². The minimum absolute atomic E-state index is 0.00469. The average Bonchev–Trinajstić information content (AvgIpc) is 3.67. The van der Waals surface area contributed by atoms with Gasteiger partial charge in [-0.3, -0.25) is 9.59 Å². The van der Waals surface area contributed by atoms with Gasteiger partial charge in [0.05, 0.1) is 27.9 Å². The summed E-state index contributed by atoms with van der Waals surface area (Å²) in [4.78, 5) is 29.4. The van der Waals surface area contributed by atoms with Gasteiger partial charge in [0.15, 0.2) is 10.9 Å². The summed E-state index contributed by atoms with van der Waals surface area (Å²) in [5.41, 5.74) is 9.34. The fraction of sp³-hybridized carbons (Fsp3) is 0.214. The van der Waals surface area contributed by atoms with Crippen LogP contribution in [-0.4, -0.2) is 16.8 Å². The average molecular weight is 512 g/mol. The second-order valence-electron chi connectivity index (χ2n) is 8.91. The molecule has 0 radical (unpaired) electrons. The number of aromatic nitrogens is 1. The van der Waals surface area contributed by atoms with Crippen molar-refractivity contribution in [1.29, 1.82) is 5.26 Å². The molecular formula is C28H25N5O3S. The van der Waals surface area contributed by atoms with E-state index in [0.29, 0.717) is 45.5 Å². The minimum Gasteiger partial charge on any atom is -0.455 e. The Bertz CT molecular complexity index is 1540. The van der Waals surface area contributed by atoms with Crippen molar-refractivity contribution in [2.75, 3.05) is 16.4 Å². The van der Waals surface area contributed by atoms with Crippen LogP contribution in [-0.2, 0) is 4.79 Å².